The molecule has 0 saturated heterocycles. The molecule has 1 aromatic heterocycles. The molecule has 0 aliphatic carbocycles. The van der Waals surface area contributed by atoms with Crippen LogP contribution in [0.1, 0.15) is 0 Å². The lowest BCUT2D eigenvalue weighted by atomic mass is 10.2. The molecule has 1 aliphatic heterocycles. The van der Waals surface area contributed by atoms with Crippen LogP contribution in [-0.4, -0.2) is 30.4 Å². The fourth-order valence-corrected chi connectivity index (χ4v) is 3.00. The minimum Gasteiger partial charge on any atom is -0.492 e. The summed E-state index contributed by atoms with van der Waals surface area (Å²) in [5.41, 5.74) is 0.934. The van der Waals surface area contributed by atoms with Crippen LogP contribution in [0.15, 0.2) is 48.7 Å². The third kappa shape index (κ3) is 3.55. The standard InChI is InChI=1S/C19H17ClN2O4/c20-14-2-1-13-5-7-22(16(13)9-14)11-19(23)21-6-8-24-15-3-4-17-18(10-15)26-12-25-17/h1-5,7,9-10H,6,8,11-12H2,(H,21,23). The van der Waals surface area contributed by atoms with Gasteiger partial charge in [-0.1, -0.05) is 17.7 Å². The van der Waals surface area contributed by atoms with Crippen molar-refractivity contribution < 1.29 is 19.0 Å². The van der Waals surface area contributed by atoms with Crippen molar-refractivity contribution in [3.05, 3.63) is 53.7 Å². The average molecular weight is 373 g/mol. The number of carbonyl (C=O) groups excluding carboxylic acids is 1. The largest absolute Gasteiger partial charge is 0.492 e. The van der Waals surface area contributed by atoms with Gasteiger partial charge in [0.2, 0.25) is 12.7 Å². The third-order valence-electron chi connectivity index (χ3n) is 4.09. The van der Waals surface area contributed by atoms with Gasteiger partial charge in [0.25, 0.3) is 0 Å². The molecular formula is C19H17ClN2O4. The van der Waals surface area contributed by atoms with Crippen LogP contribution in [0.25, 0.3) is 10.9 Å². The molecule has 0 bridgehead atoms. The van der Waals surface area contributed by atoms with Crippen molar-refractivity contribution in [3.63, 3.8) is 0 Å². The Morgan fingerprint density at radius 1 is 1.15 bits per heavy atom. The molecule has 1 N–H and O–H groups in total. The maximum Gasteiger partial charge on any atom is 0.240 e. The fourth-order valence-electron chi connectivity index (χ4n) is 2.83. The molecule has 134 valence electrons. The Hall–Kier alpha value is -2.86. The van der Waals surface area contributed by atoms with Crippen molar-refractivity contribution in [2.45, 2.75) is 6.54 Å². The number of hydrogen-bond donors (Lipinski definition) is 1. The first-order valence-corrected chi connectivity index (χ1v) is 8.60. The second-order valence-corrected chi connectivity index (χ2v) is 6.30. The van der Waals surface area contributed by atoms with E-state index in [0.29, 0.717) is 35.4 Å². The Morgan fingerprint density at radius 2 is 2.04 bits per heavy atom. The molecule has 6 nitrogen and oxygen atoms in total. The normalized spacial score (nSPS) is 12.3. The minimum absolute atomic E-state index is 0.0863. The highest BCUT2D eigenvalue weighted by Gasteiger charge is 2.13. The van der Waals surface area contributed by atoms with Crippen LogP contribution in [0.3, 0.4) is 0 Å². The smallest absolute Gasteiger partial charge is 0.240 e. The van der Waals surface area contributed by atoms with Gasteiger partial charge in [0.05, 0.1) is 6.54 Å². The number of amides is 1. The van der Waals surface area contributed by atoms with Crippen LogP contribution in [-0.2, 0) is 11.3 Å². The summed E-state index contributed by atoms with van der Waals surface area (Å²) in [7, 11) is 0. The van der Waals surface area contributed by atoms with Crippen molar-refractivity contribution in [1.29, 1.82) is 0 Å². The lowest BCUT2D eigenvalue weighted by Gasteiger charge is -2.09. The number of rotatable bonds is 6. The van der Waals surface area contributed by atoms with E-state index in [0.717, 1.165) is 10.9 Å². The summed E-state index contributed by atoms with van der Waals surface area (Å²) in [6.07, 6.45) is 1.88. The van der Waals surface area contributed by atoms with Gasteiger partial charge in [-0.15, -0.1) is 0 Å². The number of fused-ring (bicyclic) bond motifs is 2. The molecule has 1 aliphatic rings. The van der Waals surface area contributed by atoms with Gasteiger partial charge in [-0.3, -0.25) is 4.79 Å². The predicted molar refractivity (Wildman–Crippen MR) is 98.0 cm³/mol. The van der Waals surface area contributed by atoms with Crippen LogP contribution < -0.4 is 19.5 Å². The number of nitrogens with one attached hydrogen (secondary N) is 1. The van der Waals surface area contributed by atoms with Crippen LogP contribution >= 0.6 is 11.6 Å². The first-order chi connectivity index (χ1) is 12.7. The van der Waals surface area contributed by atoms with Crippen LogP contribution in [0.5, 0.6) is 17.2 Å². The maximum atomic E-state index is 12.1. The number of ether oxygens (including phenoxy) is 3. The van der Waals surface area contributed by atoms with Crippen molar-refractivity contribution in [2.24, 2.45) is 0 Å². The van der Waals surface area contributed by atoms with Crippen LogP contribution in [0.4, 0.5) is 0 Å². The van der Waals surface area contributed by atoms with Crippen LogP contribution in [0, 0.1) is 0 Å². The summed E-state index contributed by atoms with van der Waals surface area (Å²) in [4.78, 5) is 12.1. The fraction of sp³-hybridized carbons (Fsp3) is 0.211. The highest BCUT2D eigenvalue weighted by atomic mass is 35.5. The van der Waals surface area contributed by atoms with E-state index >= 15 is 0 Å². The minimum atomic E-state index is -0.0863. The molecule has 0 fully saturated rings. The van der Waals surface area contributed by atoms with Crippen molar-refractivity contribution in [1.82, 2.24) is 9.88 Å². The molecular weight excluding hydrogens is 356 g/mol. The van der Waals surface area contributed by atoms with Gasteiger partial charge >= 0.3 is 0 Å². The number of aromatic nitrogens is 1. The van der Waals surface area contributed by atoms with E-state index in [1.165, 1.54) is 0 Å². The predicted octanol–water partition coefficient (Wildman–Crippen LogP) is 3.22. The molecule has 0 unspecified atom stereocenters. The van der Waals surface area contributed by atoms with Gasteiger partial charge in [0, 0.05) is 22.8 Å². The second kappa shape index (κ2) is 7.17. The molecule has 2 aromatic carbocycles. The van der Waals surface area contributed by atoms with E-state index < -0.39 is 0 Å². The van der Waals surface area contributed by atoms with Gasteiger partial charge in [0.15, 0.2) is 11.5 Å². The maximum absolute atomic E-state index is 12.1. The lowest BCUT2D eigenvalue weighted by molar-refractivity contribution is -0.121. The molecule has 0 atom stereocenters. The van der Waals surface area contributed by atoms with Gasteiger partial charge < -0.3 is 24.1 Å². The Morgan fingerprint density at radius 3 is 2.96 bits per heavy atom. The van der Waals surface area contributed by atoms with Gasteiger partial charge in [-0.2, -0.15) is 0 Å². The molecule has 4 rings (SSSR count). The van der Waals surface area contributed by atoms with E-state index in [-0.39, 0.29) is 19.2 Å². The van der Waals surface area contributed by atoms with Crippen LogP contribution in [0.2, 0.25) is 5.02 Å². The summed E-state index contributed by atoms with van der Waals surface area (Å²) in [5, 5.41) is 4.55. The summed E-state index contributed by atoms with van der Waals surface area (Å²) in [6.45, 7) is 1.23. The Labute approximate surface area is 155 Å². The van der Waals surface area contributed by atoms with Gasteiger partial charge in [-0.25, -0.2) is 0 Å². The number of nitrogens with zero attached hydrogens (tertiary/aromatic N) is 1. The lowest BCUT2D eigenvalue weighted by Crippen LogP contribution is -2.31. The average Bonchev–Trinajstić information content (AvgIpc) is 3.25. The number of halogens is 1. The Kier molecular flexibility index (Phi) is 4.58. The van der Waals surface area contributed by atoms with Crippen molar-refractivity contribution in [3.8, 4) is 17.2 Å². The van der Waals surface area contributed by atoms with E-state index in [9.17, 15) is 4.79 Å². The Balaban J connectivity index is 1.27. The van der Waals surface area contributed by atoms with Crippen molar-refractivity contribution in [2.75, 3.05) is 19.9 Å². The molecule has 2 heterocycles. The Bertz CT molecular complexity index is 954. The van der Waals surface area contributed by atoms with Gasteiger partial charge in [-0.05, 0) is 35.7 Å². The molecule has 0 saturated carbocycles. The van der Waals surface area contributed by atoms with E-state index in [2.05, 4.69) is 5.32 Å². The number of benzene rings is 2. The number of hydrogen-bond acceptors (Lipinski definition) is 4. The zero-order chi connectivity index (χ0) is 17.9. The SMILES string of the molecule is O=C(Cn1ccc2ccc(Cl)cc21)NCCOc1ccc2c(c1)OCO2. The number of carbonyl (C=O) groups is 1. The van der Waals surface area contributed by atoms with Crippen molar-refractivity contribution >= 4 is 28.4 Å². The second-order valence-electron chi connectivity index (χ2n) is 5.86. The summed E-state index contributed by atoms with van der Waals surface area (Å²) >= 11 is 6.03. The monoisotopic (exact) mass is 372 g/mol. The van der Waals surface area contributed by atoms with E-state index in [1.807, 2.05) is 41.1 Å². The zero-order valence-corrected chi connectivity index (χ0v) is 14.7. The van der Waals surface area contributed by atoms with E-state index in [1.54, 1.807) is 12.1 Å². The summed E-state index contributed by atoms with van der Waals surface area (Å²) in [5.74, 6) is 1.97. The quantitative estimate of drug-likeness (QED) is 0.675. The summed E-state index contributed by atoms with van der Waals surface area (Å²) in [6, 6.07) is 13.0. The zero-order valence-electron chi connectivity index (χ0n) is 13.9. The highest BCUT2D eigenvalue weighted by molar-refractivity contribution is 6.31. The molecule has 0 radical (unpaired) electrons. The molecule has 0 spiro atoms. The molecule has 7 heteroatoms. The first kappa shape index (κ1) is 16.6. The topological polar surface area (TPSA) is 61.7 Å². The molecule has 3 aromatic rings. The van der Waals surface area contributed by atoms with E-state index in [4.69, 9.17) is 25.8 Å². The summed E-state index contributed by atoms with van der Waals surface area (Å²) < 4.78 is 18.1. The van der Waals surface area contributed by atoms with Gasteiger partial charge in [0.1, 0.15) is 18.9 Å². The highest BCUT2D eigenvalue weighted by Crippen LogP contribution is 2.34. The third-order valence-corrected chi connectivity index (χ3v) is 4.32. The molecule has 1 amide bonds. The first-order valence-electron chi connectivity index (χ1n) is 8.22. The molecule has 26 heavy (non-hydrogen) atoms.